The van der Waals surface area contributed by atoms with Crippen LogP contribution in [0.15, 0.2) is 48.5 Å². The fourth-order valence-corrected chi connectivity index (χ4v) is 7.12. The lowest BCUT2D eigenvalue weighted by Crippen LogP contribution is -2.40. The average molecular weight is 467 g/mol. The number of nitrogens with zero attached hydrogens (tertiary/aromatic N) is 1. The molecular weight excluding hydrogens is 432 g/mol. The third-order valence-electron chi connectivity index (χ3n) is 8.20. The zero-order chi connectivity index (χ0) is 24.5. The molecule has 3 aliphatic heterocycles. The summed E-state index contributed by atoms with van der Waals surface area (Å²) in [4.78, 5) is 13.2. The van der Waals surface area contributed by atoms with Crippen molar-refractivity contribution in [3.8, 4) is 11.1 Å². The lowest BCUT2D eigenvalue weighted by atomic mass is 9.76. The van der Waals surface area contributed by atoms with Crippen LogP contribution in [0, 0.1) is 0 Å². The number of carbonyl (C=O) groups excluding carboxylic acids is 1. The Balaban J connectivity index is 0.000000546. The summed E-state index contributed by atoms with van der Waals surface area (Å²) < 4.78 is 9.46. The summed E-state index contributed by atoms with van der Waals surface area (Å²) in [6.07, 6.45) is 3.25. The smallest absolute Gasteiger partial charge is 0.252 e. The van der Waals surface area contributed by atoms with Crippen molar-refractivity contribution in [2.75, 3.05) is 0 Å². The van der Waals surface area contributed by atoms with Gasteiger partial charge in [-0.25, -0.2) is 0 Å². The standard InChI is InChI=1S/C27H22N2O2.2C2H6/c1-27-12-6-11-19(31-27)29-18-10-5-4-9-16(18)20-17-13-28-26(30)22(17)21-14-7-2-3-8-15(14)24(27)23(21)25(20)29;2*1-2/h2-5,7-10,19,24H,6,11-13H2,1H3,(H,28,30);2*1-2H3. The Labute approximate surface area is 207 Å². The Hall–Kier alpha value is -3.11. The van der Waals surface area contributed by atoms with Gasteiger partial charge in [-0.1, -0.05) is 70.2 Å². The minimum absolute atomic E-state index is 0.0335. The molecule has 8 rings (SSSR count). The first-order chi connectivity index (χ1) is 17.2. The first-order valence-electron chi connectivity index (χ1n) is 13.3. The molecule has 4 heteroatoms. The first-order valence-corrected chi connectivity index (χ1v) is 13.3. The van der Waals surface area contributed by atoms with E-state index in [9.17, 15) is 4.79 Å². The van der Waals surface area contributed by atoms with Crippen molar-refractivity contribution in [2.45, 2.75) is 78.2 Å². The summed E-state index contributed by atoms with van der Waals surface area (Å²) in [6, 6.07) is 17.3. The molecule has 4 heterocycles. The fourth-order valence-electron chi connectivity index (χ4n) is 7.12. The van der Waals surface area contributed by atoms with E-state index in [1.807, 2.05) is 27.7 Å². The fraction of sp³-hybridized carbons (Fsp3) is 0.387. The number of benzene rings is 3. The number of amides is 1. The topological polar surface area (TPSA) is 43.3 Å². The van der Waals surface area contributed by atoms with E-state index < -0.39 is 0 Å². The van der Waals surface area contributed by atoms with Gasteiger partial charge in [-0.15, -0.1) is 0 Å². The number of ether oxygens (including phenoxy) is 1. The molecule has 1 saturated heterocycles. The van der Waals surface area contributed by atoms with Crippen molar-refractivity contribution in [1.82, 2.24) is 9.88 Å². The van der Waals surface area contributed by atoms with Crippen molar-refractivity contribution < 1.29 is 9.53 Å². The second kappa shape index (κ2) is 7.96. The van der Waals surface area contributed by atoms with Gasteiger partial charge in [0, 0.05) is 28.8 Å². The van der Waals surface area contributed by atoms with Gasteiger partial charge < -0.3 is 14.6 Å². The number of nitrogens with one attached hydrogen (secondary N) is 1. The van der Waals surface area contributed by atoms with Gasteiger partial charge in [0.05, 0.1) is 22.2 Å². The Morgan fingerprint density at radius 3 is 2.57 bits per heavy atom. The number of hydrogen-bond acceptors (Lipinski definition) is 2. The third-order valence-corrected chi connectivity index (χ3v) is 8.20. The molecule has 4 aromatic rings. The molecule has 0 spiro atoms. The van der Waals surface area contributed by atoms with Crippen molar-refractivity contribution in [3.63, 3.8) is 0 Å². The molecule has 3 atom stereocenters. The molecule has 1 aromatic heterocycles. The summed E-state index contributed by atoms with van der Waals surface area (Å²) in [5.41, 5.74) is 9.28. The van der Waals surface area contributed by atoms with E-state index in [1.54, 1.807) is 0 Å². The van der Waals surface area contributed by atoms with Gasteiger partial charge in [-0.2, -0.15) is 0 Å². The number of aromatic nitrogens is 1. The molecule has 1 aliphatic carbocycles. The molecule has 3 aromatic carbocycles. The highest BCUT2D eigenvalue weighted by molar-refractivity contribution is 6.20. The zero-order valence-corrected chi connectivity index (χ0v) is 21.4. The lowest BCUT2D eigenvalue weighted by molar-refractivity contribution is -0.150. The molecule has 4 aliphatic rings. The average Bonchev–Trinajstić information content (AvgIpc) is 3.54. The predicted molar refractivity (Wildman–Crippen MR) is 143 cm³/mol. The van der Waals surface area contributed by atoms with Crippen LogP contribution < -0.4 is 5.32 Å². The molecule has 1 amide bonds. The maximum Gasteiger partial charge on any atom is 0.252 e. The van der Waals surface area contributed by atoms with E-state index in [1.165, 1.54) is 38.5 Å². The molecule has 1 N–H and O–H groups in total. The number of hydrogen-bond donors (Lipinski definition) is 1. The Morgan fingerprint density at radius 1 is 1.00 bits per heavy atom. The van der Waals surface area contributed by atoms with Gasteiger partial charge >= 0.3 is 0 Å². The van der Waals surface area contributed by atoms with Crippen LogP contribution in [0.25, 0.3) is 32.9 Å². The predicted octanol–water partition coefficient (Wildman–Crippen LogP) is 7.67. The van der Waals surface area contributed by atoms with Crippen LogP contribution in [0.2, 0.25) is 0 Å². The first kappa shape index (κ1) is 22.4. The maximum atomic E-state index is 13.2. The SMILES string of the molecule is CC.CC.CC12CCCC(O1)n1c3ccccc3c3c4c(c5c(c31)C2c1ccccc1-5)C(=O)NC4. The molecule has 180 valence electrons. The van der Waals surface area contributed by atoms with Crippen LogP contribution in [0.5, 0.6) is 0 Å². The van der Waals surface area contributed by atoms with Crippen LogP contribution in [0.3, 0.4) is 0 Å². The number of para-hydroxylation sites is 1. The molecule has 3 unspecified atom stereocenters. The highest BCUT2D eigenvalue weighted by atomic mass is 16.5. The minimum Gasteiger partial charge on any atom is -0.351 e. The normalized spacial score (nSPS) is 24.5. The Bertz CT molecular complexity index is 1500. The monoisotopic (exact) mass is 466 g/mol. The van der Waals surface area contributed by atoms with Crippen LogP contribution in [-0.2, 0) is 11.3 Å². The minimum atomic E-state index is -0.277. The Kier molecular flexibility index (Phi) is 5.08. The molecular formula is C31H34N2O2. The van der Waals surface area contributed by atoms with Crippen LogP contribution in [0.4, 0.5) is 0 Å². The van der Waals surface area contributed by atoms with Gasteiger partial charge in [-0.3, -0.25) is 4.79 Å². The van der Waals surface area contributed by atoms with Gasteiger partial charge in [0.15, 0.2) is 0 Å². The van der Waals surface area contributed by atoms with Crippen molar-refractivity contribution >= 4 is 27.7 Å². The molecule has 35 heavy (non-hydrogen) atoms. The quantitative estimate of drug-likeness (QED) is 0.289. The molecule has 0 radical (unpaired) electrons. The summed E-state index contributed by atoms with van der Waals surface area (Å²) in [5.74, 6) is 0.210. The highest BCUT2D eigenvalue weighted by Crippen LogP contribution is 2.61. The summed E-state index contributed by atoms with van der Waals surface area (Å²) >= 11 is 0. The summed E-state index contributed by atoms with van der Waals surface area (Å²) in [5, 5.41) is 5.63. The third kappa shape index (κ3) is 2.69. The molecule has 0 saturated carbocycles. The van der Waals surface area contributed by atoms with E-state index in [0.29, 0.717) is 6.54 Å². The zero-order valence-electron chi connectivity index (χ0n) is 21.4. The number of carbonyl (C=O) groups is 1. The van der Waals surface area contributed by atoms with Crippen LogP contribution >= 0.6 is 0 Å². The van der Waals surface area contributed by atoms with Crippen molar-refractivity contribution in [1.29, 1.82) is 0 Å². The van der Waals surface area contributed by atoms with Gasteiger partial charge in [0.25, 0.3) is 5.91 Å². The van der Waals surface area contributed by atoms with Crippen molar-refractivity contribution in [2.24, 2.45) is 0 Å². The van der Waals surface area contributed by atoms with E-state index >= 15 is 0 Å². The van der Waals surface area contributed by atoms with E-state index in [4.69, 9.17) is 4.74 Å². The molecule has 2 bridgehead atoms. The maximum absolute atomic E-state index is 13.2. The second-order valence-electron chi connectivity index (χ2n) is 9.73. The lowest BCUT2D eigenvalue weighted by Gasteiger charge is -2.41. The largest absolute Gasteiger partial charge is 0.351 e. The van der Waals surface area contributed by atoms with E-state index in [2.05, 4.69) is 65.3 Å². The summed E-state index contributed by atoms with van der Waals surface area (Å²) in [7, 11) is 0. The second-order valence-corrected chi connectivity index (χ2v) is 9.73. The van der Waals surface area contributed by atoms with Gasteiger partial charge in [0.2, 0.25) is 0 Å². The number of fused-ring (bicyclic) bond motifs is 13. The molecule has 4 nitrogen and oxygen atoms in total. The van der Waals surface area contributed by atoms with Gasteiger partial charge in [0.1, 0.15) is 6.23 Å². The van der Waals surface area contributed by atoms with E-state index in [0.717, 1.165) is 36.0 Å². The van der Waals surface area contributed by atoms with Gasteiger partial charge in [-0.05, 0) is 54.5 Å². The Morgan fingerprint density at radius 2 is 1.74 bits per heavy atom. The van der Waals surface area contributed by atoms with E-state index in [-0.39, 0.29) is 23.7 Å². The summed E-state index contributed by atoms with van der Waals surface area (Å²) in [6.45, 7) is 10.9. The van der Waals surface area contributed by atoms with Crippen LogP contribution in [0.1, 0.15) is 93.1 Å². The molecule has 1 fully saturated rings. The van der Waals surface area contributed by atoms with Crippen molar-refractivity contribution in [3.05, 3.63) is 70.8 Å². The number of rotatable bonds is 0. The van der Waals surface area contributed by atoms with Crippen LogP contribution in [-0.4, -0.2) is 16.1 Å². The highest BCUT2D eigenvalue weighted by Gasteiger charge is 2.52.